The molecule has 2 saturated carbocycles. The lowest BCUT2D eigenvalue weighted by atomic mass is 9.78. The second-order valence-electron chi connectivity index (χ2n) is 14.4. The van der Waals surface area contributed by atoms with E-state index in [-0.39, 0.29) is 34.8 Å². The highest BCUT2D eigenvalue weighted by Gasteiger charge is 2.34. The van der Waals surface area contributed by atoms with Crippen LogP contribution in [0.15, 0.2) is 65.7 Å². The van der Waals surface area contributed by atoms with E-state index in [0.29, 0.717) is 13.1 Å². The van der Waals surface area contributed by atoms with Crippen LogP contribution in [-0.4, -0.2) is 71.2 Å². The van der Waals surface area contributed by atoms with Crippen LogP contribution in [0, 0.1) is 0 Å². The van der Waals surface area contributed by atoms with Gasteiger partial charge in [0.05, 0.1) is 0 Å². The van der Waals surface area contributed by atoms with Gasteiger partial charge in [0.25, 0.3) is 0 Å². The lowest BCUT2D eigenvalue weighted by Crippen LogP contribution is -2.46. The molecule has 0 radical (unpaired) electrons. The number of alkyl halides is 3. The highest BCUT2D eigenvalue weighted by Crippen LogP contribution is 2.45. The highest BCUT2D eigenvalue weighted by molar-refractivity contribution is 5.74. The minimum absolute atomic E-state index is 0.0252. The summed E-state index contributed by atoms with van der Waals surface area (Å²) < 4.78 is 49.3. The summed E-state index contributed by atoms with van der Waals surface area (Å²) in [7, 11) is 2.01. The van der Waals surface area contributed by atoms with Crippen molar-refractivity contribution in [1.29, 1.82) is 0 Å². The lowest BCUT2D eigenvalue weighted by molar-refractivity contribution is -0.274. The van der Waals surface area contributed by atoms with E-state index in [0.717, 1.165) is 91.9 Å². The third-order valence-corrected chi connectivity index (χ3v) is 9.35. The second kappa shape index (κ2) is 12.9. The number of likely N-dealkylation sites (tertiary alicyclic amines) is 1. The molecule has 7 nitrogen and oxygen atoms in total. The number of anilines is 1. The van der Waals surface area contributed by atoms with Crippen LogP contribution >= 0.6 is 0 Å². The number of benzene rings is 2. The normalized spacial score (nSPS) is 19.2. The summed E-state index contributed by atoms with van der Waals surface area (Å²) in [6.45, 7) is 9.04. The molecule has 1 saturated heterocycles. The standard InChI is InChI=1S/C37H46F3N3O4/c1-36(2,3)47-35(26-8-9-26)42-16-14-30(15-17-42)43(29-10-12-31(13-11-29)46-37(38,39)40)22-24-18-28(23-41(4)21-24)27-19-32(25-6-5-7-25)34(45)33(44)20-27/h10-13,18-21,25,30,44-45H,5-9,14-17,22-23H2,1-4H3. The minimum atomic E-state index is -4.75. The van der Waals surface area contributed by atoms with Crippen LogP contribution in [0.2, 0.25) is 0 Å². The monoisotopic (exact) mass is 653 g/mol. The molecule has 2 N–H and O–H groups in total. The highest BCUT2D eigenvalue weighted by atomic mass is 19.4. The smallest absolute Gasteiger partial charge is 0.504 e. The van der Waals surface area contributed by atoms with Crippen molar-refractivity contribution in [2.45, 2.75) is 89.6 Å². The maximum Gasteiger partial charge on any atom is 0.573 e. The van der Waals surface area contributed by atoms with E-state index in [2.05, 4.69) is 52.5 Å². The predicted molar refractivity (Wildman–Crippen MR) is 177 cm³/mol. The summed E-state index contributed by atoms with van der Waals surface area (Å²) in [4.78, 5) is 6.75. The third-order valence-electron chi connectivity index (χ3n) is 9.35. The predicted octanol–water partition coefficient (Wildman–Crippen LogP) is 8.27. The van der Waals surface area contributed by atoms with E-state index >= 15 is 0 Å². The van der Waals surface area contributed by atoms with Crippen molar-refractivity contribution in [3.8, 4) is 17.2 Å². The number of piperidine rings is 1. The first-order valence-electron chi connectivity index (χ1n) is 16.7. The molecule has 0 atom stereocenters. The molecule has 0 bridgehead atoms. The zero-order valence-corrected chi connectivity index (χ0v) is 27.7. The number of rotatable bonds is 9. The van der Waals surface area contributed by atoms with Gasteiger partial charge in [-0.25, -0.2) is 0 Å². The van der Waals surface area contributed by atoms with Crippen LogP contribution in [0.3, 0.4) is 0 Å². The van der Waals surface area contributed by atoms with E-state index in [4.69, 9.17) is 4.74 Å². The van der Waals surface area contributed by atoms with E-state index in [1.165, 1.54) is 17.7 Å². The number of ether oxygens (including phenoxy) is 2. The average Bonchev–Trinajstić information content (AvgIpc) is 3.81. The van der Waals surface area contributed by atoms with E-state index < -0.39 is 6.36 Å². The summed E-state index contributed by atoms with van der Waals surface area (Å²) >= 11 is 0. The molecule has 0 unspecified atom stereocenters. The summed E-state index contributed by atoms with van der Waals surface area (Å²) in [6, 6.07) is 9.96. The molecule has 2 aromatic carbocycles. The van der Waals surface area contributed by atoms with Crippen LogP contribution < -0.4 is 9.64 Å². The van der Waals surface area contributed by atoms with Crippen molar-refractivity contribution in [3.05, 3.63) is 76.8 Å². The van der Waals surface area contributed by atoms with E-state index in [1.54, 1.807) is 18.2 Å². The Labute approximate surface area is 275 Å². The van der Waals surface area contributed by atoms with Crippen molar-refractivity contribution < 1.29 is 32.9 Å². The molecule has 0 aromatic heterocycles. The SMILES string of the molecule is CN1C=C(CN(c2ccc(OC(F)(F)F)cc2)C2CCN(C(OC(C)(C)C)=C3CC3)CC2)C=C(c2cc(O)c(O)c(C3CCC3)c2)C1. The topological polar surface area (TPSA) is 68.6 Å². The molecule has 0 amide bonds. The van der Waals surface area contributed by atoms with Gasteiger partial charge in [0, 0.05) is 56.7 Å². The van der Waals surface area contributed by atoms with Gasteiger partial charge in [0.1, 0.15) is 11.4 Å². The average molecular weight is 654 g/mol. The summed E-state index contributed by atoms with van der Waals surface area (Å²) in [5, 5.41) is 21.2. The lowest BCUT2D eigenvalue weighted by Gasteiger charge is -2.42. The van der Waals surface area contributed by atoms with Crippen LogP contribution in [0.5, 0.6) is 17.2 Å². The van der Waals surface area contributed by atoms with Gasteiger partial charge in [0.2, 0.25) is 0 Å². The van der Waals surface area contributed by atoms with Crippen molar-refractivity contribution >= 4 is 11.3 Å². The number of aromatic hydroxyl groups is 2. The number of phenolic OH excluding ortho intramolecular Hbond substituents is 2. The van der Waals surface area contributed by atoms with Crippen molar-refractivity contribution in [2.75, 3.05) is 38.1 Å². The molecule has 2 aliphatic carbocycles. The maximum absolute atomic E-state index is 12.9. The molecule has 2 aromatic rings. The molecular formula is C37H46F3N3O4. The Bertz CT molecular complexity index is 1540. The summed E-state index contributed by atoms with van der Waals surface area (Å²) in [6.07, 6.45) is 6.48. The molecule has 254 valence electrons. The number of hydrogen-bond acceptors (Lipinski definition) is 7. The summed E-state index contributed by atoms with van der Waals surface area (Å²) in [5.41, 5.74) is 5.66. The molecule has 47 heavy (non-hydrogen) atoms. The van der Waals surface area contributed by atoms with Gasteiger partial charge < -0.3 is 34.4 Å². The van der Waals surface area contributed by atoms with Crippen molar-refractivity contribution in [1.82, 2.24) is 9.80 Å². The maximum atomic E-state index is 12.9. The number of likely N-dealkylation sites (N-methyl/N-ethyl adjacent to an activating group) is 1. The van der Waals surface area contributed by atoms with Crippen molar-refractivity contribution in [3.63, 3.8) is 0 Å². The Kier molecular flexibility index (Phi) is 9.06. The number of allylic oxidation sites excluding steroid dienone is 1. The quantitative estimate of drug-likeness (QED) is 0.209. The van der Waals surface area contributed by atoms with Crippen LogP contribution in [0.25, 0.3) is 5.57 Å². The largest absolute Gasteiger partial charge is 0.573 e. The van der Waals surface area contributed by atoms with Gasteiger partial charge in [-0.1, -0.05) is 12.5 Å². The first-order valence-corrected chi connectivity index (χ1v) is 16.7. The van der Waals surface area contributed by atoms with Crippen LogP contribution in [-0.2, 0) is 4.74 Å². The first kappa shape index (κ1) is 33.0. The zero-order chi connectivity index (χ0) is 33.5. The fourth-order valence-electron chi connectivity index (χ4n) is 6.80. The van der Waals surface area contributed by atoms with Gasteiger partial charge in [-0.3, -0.25) is 0 Å². The molecule has 3 fully saturated rings. The fourth-order valence-corrected chi connectivity index (χ4v) is 6.80. The van der Waals surface area contributed by atoms with Gasteiger partial charge in [-0.15, -0.1) is 13.2 Å². The molecule has 10 heteroatoms. The Balaban J connectivity index is 1.26. The molecule has 6 rings (SSSR count). The van der Waals surface area contributed by atoms with Crippen molar-refractivity contribution in [2.24, 2.45) is 0 Å². The Morgan fingerprint density at radius 1 is 0.979 bits per heavy atom. The Morgan fingerprint density at radius 2 is 1.66 bits per heavy atom. The van der Waals surface area contributed by atoms with Gasteiger partial charge in [-0.2, -0.15) is 0 Å². The molecular weight excluding hydrogens is 607 g/mol. The molecule has 4 aliphatic rings. The first-order chi connectivity index (χ1) is 22.2. The number of hydrogen-bond donors (Lipinski definition) is 2. The van der Waals surface area contributed by atoms with E-state index in [1.807, 2.05) is 13.1 Å². The summed E-state index contributed by atoms with van der Waals surface area (Å²) in [5.74, 6) is 0.897. The second-order valence-corrected chi connectivity index (χ2v) is 14.4. The molecule has 2 heterocycles. The molecule has 0 spiro atoms. The van der Waals surface area contributed by atoms with E-state index in [9.17, 15) is 23.4 Å². The number of phenols is 2. The Hall–Kier alpha value is -3.95. The van der Waals surface area contributed by atoms with Crippen LogP contribution in [0.1, 0.15) is 82.8 Å². The van der Waals surface area contributed by atoms with Gasteiger partial charge >= 0.3 is 6.36 Å². The fraction of sp³-hybridized carbons (Fsp3) is 0.514. The molecule has 2 aliphatic heterocycles. The minimum Gasteiger partial charge on any atom is -0.504 e. The van der Waals surface area contributed by atoms with Gasteiger partial charge in [-0.05, 0) is 124 Å². The van der Waals surface area contributed by atoms with Crippen LogP contribution in [0.4, 0.5) is 18.9 Å². The third kappa shape index (κ3) is 8.14. The number of halogens is 3. The Morgan fingerprint density at radius 3 is 2.23 bits per heavy atom. The zero-order valence-electron chi connectivity index (χ0n) is 27.7. The number of nitrogens with zero attached hydrogens (tertiary/aromatic N) is 3. The van der Waals surface area contributed by atoms with Gasteiger partial charge in [0.15, 0.2) is 17.4 Å².